The Morgan fingerprint density at radius 2 is 1.61 bits per heavy atom. The molecule has 0 spiro atoms. The predicted molar refractivity (Wildman–Crippen MR) is 122 cm³/mol. The zero-order chi connectivity index (χ0) is 22.5. The van der Waals surface area contributed by atoms with Crippen LogP contribution in [-0.2, 0) is 13.2 Å². The third kappa shape index (κ3) is 4.79. The lowest BCUT2D eigenvalue weighted by atomic mass is 10.1. The van der Waals surface area contributed by atoms with E-state index in [1.165, 1.54) is 0 Å². The Bertz CT molecular complexity index is 1330. The highest BCUT2D eigenvalue weighted by molar-refractivity contribution is 5.78. The number of aromatic nitrogens is 1. The second kappa shape index (κ2) is 9.44. The molecule has 0 unspecified atom stereocenters. The van der Waals surface area contributed by atoms with Crippen molar-refractivity contribution in [2.45, 2.75) is 13.2 Å². The molecule has 0 saturated heterocycles. The third-order valence-electron chi connectivity index (χ3n) is 5.08. The number of rotatable bonds is 8. The topological polar surface area (TPSA) is 90.0 Å². The van der Waals surface area contributed by atoms with Crippen molar-refractivity contribution in [2.24, 2.45) is 20.7 Å². The molecule has 0 aliphatic carbocycles. The van der Waals surface area contributed by atoms with Gasteiger partial charge in [0.25, 0.3) is 6.17 Å². The van der Waals surface area contributed by atoms with Crippen LogP contribution in [0.4, 0.5) is 0 Å². The van der Waals surface area contributed by atoms with Gasteiger partial charge >= 0.3 is 0 Å². The minimum Gasteiger partial charge on any atom is -0.493 e. The number of ether oxygens (including phenoxy) is 3. The van der Waals surface area contributed by atoms with Crippen molar-refractivity contribution in [3.05, 3.63) is 102 Å². The van der Waals surface area contributed by atoms with Crippen LogP contribution in [0.3, 0.4) is 0 Å². The Balaban J connectivity index is 1.23. The molecule has 0 fully saturated rings. The van der Waals surface area contributed by atoms with E-state index in [-0.39, 0.29) is 0 Å². The Morgan fingerprint density at radius 3 is 2.48 bits per heavy atom. The van der Waals surface area contributed by atoms with Gasteiger partial charge in [0.05, 0.1) is 18.3 Å². The summed E-state index contributed by atoms with van der Waals surface area (Å²) in [7, 11) is 1.59. The lowest BCUT2D eigenvalue weighted by Gasteiger charge is -2.13. The van der Waals surface area contributed by atoms with Crippen molar-refractivity contribution >= 4 is 10.9 Å². The number of pyridine rings is 1. The molecule has 0 saturated carbocycles. The van der Waals surface area contributed by atoms with Crippen molar-refractivity contribution in [3.63, 3.8) is 0 Å². The highest BCUT2D eigenvalue weighted by atomic mass is 16.5. The Kier molecular flexibility index (Phi) is 5.88. The second-order valence-corrected chi connectivity index (χ2v) is 7.29. The number of nitrogens with zero attached hydrogens (tertiary/aromatic N) is 5. The summed E-state index contributed by atoms with van der Waals surface area (Å²) >= 11 is 0. The Morgan fingerprint density at radius 1 is 0.727 bits per heavy atom. The maximum absolute atomic E-state index is 5.99. The van der Waals surface area contributed by atoms with Crippen molar-refractivity contribution in [1.82, 2.24) is 4.98 Å². The van der Waals surface area contributed by atoms with Gasteiger partial charge in [-0.3, -0.25) is 0 Å². The summed E-state index contributed by atoms with van der Waals surface area (Å²) in [5.41, 5.74) is 3.55. The summed E-state index contributed by atoms with van der Waals surface area (Å²) < 4.78 is 17.4. The average Bonchev–Trinajstić information content (AvgIpc) is 3.41. The van der Waals surface area contributed by atoms with Gasteiger partial charge in [-0.15, -0.1) is 10.2 Å². The van der Waals surface area contributed by atoms with Crippen molar-refractivity contribution < 1.29 is 14.2 Å². The lowest BCUT2D eigenvalue weighted by molar-refractivity contribution is 0.280. The molecule has 0 atom stereocenters. The number of hydrogen-bond donors (Lipinski definition) is 0. The van der Waals surface area contributed by atoms with Crippen molar-refractivity contribution in [1.29, 1.82) is 0 Å². The zero-order valence-electron chi connectivity index (χ0n) is 17.9. The van der Waals surface area contributed by atoms with E-state index >= 15 is 0 Å². The molecular formula is C25H20N5O3. The van der Waals surface area contributed by atoms with Gasteiger partial charge in [-0.1, -0.05) is 42.5 Å². The quantitative estimate of drug-likeness (QED) is 0.334. The smallest absolute Gasteiger partial charge is 0.272 e. The van der Waals surface area contributed by atoms with Crippen molar-refractivity contribution in [3.8, 4) is 17.2 Å². The van der Waals surface area contributed by atoms with Gasteiger partial charge in [-0.2, -0.15) is 0 Å². The number of hydrogen-bond acceptors (Lipinski definition) is 8. The highest BCUT2D eigenvalue weighted by Gasteiger charge is 2.17. The van der Waals surface area contributed by atoms with Gasteiger partial charge in [-0.25, -0.2) is 4.98 Å². The van der Waals surface area contributed by atoms with Crippen LogP contribution in [0.5, 0.6) is 17.2 Å². The number of methoxy groups -OCH3 is 1. The molecule has 2 heterocycles. The summed E-state index contributed by atoms with van der Waals surface area (Å²) in [4.78, 5) is 4.65. The molecule has 163 valence electrons. The highest BCUT2D eigenvalue weighted by Crippen LogP contribution is 2.33. The van der Waals surface area contributed by atoms with Crippen LogP contribution in [0.25, 0.3) is 10.9 Å². The fourth-order valence-corrected chi connectivity index (χ4v) is 3.42. The van der Waals surface area contributed by atoms with Crippen LogP contribution in [0, 0.1) is 6.17 Å². The number of fused-ring (bicyclic) bond motifs is 1. The molecule has 4 aromatic rings. The molecule has 3 aromatic carbocycles. The van der Waals surface area contributed by atoms with E-state index in [9.17, 15) is 0 Å². The van der Waals surface area contributed by atoms with E-state index < -0.39 is 0 Å². The standard InChI is InChI=1S/C25H20N5O3/c1-31-24-14-19(25-27-29-30-28-25)10-12-23(24)33-15-17-5-4-7-21(13-17)32-16-20-11-9-18-6-2-3-8-22(18)26-20/h2-14H,15-16H2,1H3. The summed E-state index contributed by atoms with van der Waals surface area (Å²) in [6, 6.07) is 25.3. The van der Waals surface area contributed by atoms with Gasteiger partial charge < -0.3 is 14.2 Å². The minimum atomic E-state index is 0.358. The molecule has 1 aliphatic rings. The first-order chi connectivity index (χ1) is 16.3. The first kappa shape index (κ1) is 20.6. The van der Waals surface area contributed by atoms with Gasteiger partial charge in [0.2, 0.25) is 0 Å². The van der Waals surface area contributed by atoms with Gasteiger partial charge in [0.15, 0.2) is 11.5 Å². The number of benzene rings is 3. The van der Waals surface area contributed by atoms with Crippen LogP contribution in [0.1, 0.15) is 16.8 Å². The van der Waals surface area contributed by atoms with Gasteiger partial charge in [0, 0.05) is 10.9 Å². The third-order valence-corrected chi connectivity index (χ3v) is 5.08. The summed E-state index contributed by atoms with van der Waals surface area (Å²) in [5.74, 6) is 1.94. The van der Waals surface area contributed by atoms with E-state index in [1.54, 1.807) is 13.2 Å². The summed E-state index contributed by atoms with van der Waals surface area (Å²) in [6.07, 6.45) is 0.436. The molecular weight excluding hydrogens is 418 g/mol. The van der Waals surface area contributed by atoms with E-state index in [2.05, 4.69) is 31.7 Å². The first-order valence-electron chi connectivity index (χ1n) is 10.3. The van der Waals surface area contributed by atoms with Crippen LogP contribution < -0.4 is 14.2 Å². The molecule has 8 nitrogen and oxygen atoms in total. The van der Waals surface area contributed by atoms with Crippen LogP contribution >= 0.6 is 0 Å². The Hall–Kier alpha value is -4.33. The monoisotopic (exact) mass is 438 g/mol. The maximum Gasteiger partial charge on any atom is 0.272 e. The largest absolute Gasteiger partial charge is 0.493 e. The molecule has 1 radical (unpaired) electrons. The zero-order valence-corrected chi connectivity index (χ0v) is 17.9. The predicted octanol–water partition coefficient (Wildman–Crippen LogP) is 6.07. The molecule has 0 N–H and O–H groups in total. The molecule has 0 bridgehead atoms. The molecule has 8 heteroatoms. The Labute approximate surface area is 190 Å². The van der Waals surface area contributed by atoms with Crippen LogP contribution in [-0.4, -0.2) is 12.1 Å². The van der Waals surface area contributed by atoms with E-state index in [0.29, 0.717) is 30.9 Å². The molecule has 1 aromatic heterocycles. The second-order valence-electron chi connectivity index (χ2n) is 7.29. The molecule has 33 heavy (non-hydrogen) atoms. The SMILES string of the molecule is COc1cc([C]2N=NN=N2)ccc1OCc1cccc(OCc2ccc3ccccc3n2)c1. The molecule has 1 aliphatic heterocycles. The fourth-order valence-electron chi connectivity index (χ4n) is 3.42. The molecule has 0 amide bonds. The molecule has 5 rings (SSSR count). The van der Waals surface area contributed by atoms with E-state index in [0.717, 1.165) is 33.5 Å². The van der Waals surface area contributed by atoms with E-state index in [1.807, 2.05) is 66.7 Å². The lowest BCUT2D eigenvalue weighted by Crippen LogP contribution is -2.01. The fraction of sp³-hybridized carbons (Fsp3) is 0.120. The summed E-state index contributed by atoms with van der Waals surface area (Å²) in [5, 5.41) is 15.9. The normalized spacial score (nSPS) is 12.9. The van der Waals surface area contributed by atoms with Gasteiger partial charge in [-0.05, 0) is 52.4 Å². The summed E-state index contributed by atoms with van der Waals surface area (Å²) in [6.45, 7) is 0.745. The minimum absolute atomic E-state index is 0.358. The number of para-hydroxylation sites is 1. The van der Waals surface area contributed by atoms with Crippen LogP contribution in [0.2, 0.25) is 0 Å². The van der Waals surface area contributed by atoms with Crippen molar-refractivity contribution in [2.75, 3.05) is 7.11 Å². The first-order valence-corrected chi connectivity index (χ1v) is 10.3. The average molecular weight is 438 g/mol. The van der Waals surface area contributed by atoms with Crippen LogP contribution in [0.15, 0.2) is 99.5 Å². The van der Waals surface area contributed by atoms with E-state index in [4.69, 9.17) is 14.2 Å². The van der Waals surface area contributed by atoms with Gasteiger partial charge in [0.1, 0.15) is 19.0 Å². The maximum atomic E-state index is 5.99.